The molecule has 162 valence electrons. The van der Waals surface area contributed by atoms with Gasteiger partial charge in [-0.25, -0.2) is 13.4 Å². The van der Waals surface area contributed by atoms with Crippen molar-refractivity contribution in [3.05, 3.63) is 62.3 Å². The second kappa shape index (κ2) is 8.46. The van der Waals surface area contributed by atoms with Crippen molar-refractivity contribution in [1.82, 2.24) is 9.29 Å². The van der Waals surface area contributed by atoms with Crippen molar-refractivity contribution in [1.29, 1.82) is 0 Å². The Bertz CT molecular complexity index is 1210. The Hall–Kier alpha value is -2.07. The third kappa shape index (κ3) is 4.19. The largest absolute Gasteiger partial charge is 0.298 e. The summed E-state index contributed by atoms with van der Waals surface area (Å²) in [4.78, 5) is 20.1. The van der Waals surface area contributed by atoms with Crippen LogP contribution in [0.1, 0.15) is 50.6 Å². The lowest BCUT2D eigenvalue weighted by atomic mass is 10.1. The van der Waals surface area contributed by atoms with E-state index in [0.29, 0.717) is 23.8 Å². The van der Waals surface area contributed by atoms with Gasteiger partial charge in [0.25, 0.3) is 5.91 Å². The molecule has 3 aromatic rings. The molecule has 1 amide bonds. The van der Waals surface area contributed by atoms with Crippen LogP contribution in [0.15, 0.2) is 40.6 Å². The molecular weight excluding hydrogens is 450 g/mol. The van der Waals surface area contributed by atoms with Crippen molar-refractivity contribution in [3.8, 4) is 0 Å². The molecule has 0 fully saturated rings. The van der Waals surface area contributed by atoms with Crippen LogP contribution in [0.5, 0.6) is 0 Å². The summed E-state index contributed by atoms with van der Waals surface area (Å²) in [6.07, 6.45) is 6.20. The average molecular weight is 474 g/mol. The Kier molecular flexibility index (Phi) is 5.68. The van der Waals surface area contributed by atoms with Crippen molar-refractivity contribution in [2.24, 2.45) is 0 Å². The zero-order chi connectivity index (χ0) is 21.4. The van der Waals surface area contributed by atoms with Crippen molar-refractivity contribution in [3.63, 3.8) is 0 Å². The third-order valence-electron chi connectivity index (χ3n) is 5.82. The van der Waals surface area contributed by atoms with Gasteiger partial charge in [0.2, 0.25) is 10.0 Å². The summed E-state index contributed by atoms with van der Waals surface area (Å²) >= 11 is 3.20. The van der Waals surface area contributed by atoms with Crippen LogP contribution in [0.2, 0.25) is 0 Å². The standard InChI is InChI=1S/C22H23N3O3S3/c26-21(24-22-23-18-7-2-1-3-8-20(18)30-22)15-5-4-6-17(13-15)31(27,28)25-11-9-19-16(14-25)10-12-29-19/h4-6,10,12-13H,1-3,7-9,11,14H2,(H,23,24,26). The maximum absolute atomic E-state index is 13.2. The van der Waals surface area contributed by atoms with Crippen LogP contribution in [0, 0.1) is 0 Å². The molecule has 31 heavy (non-hydrogen) atoms. The van der Waals surface area contributed by atoms with Gasteiger partial charge < -0.3 is 0 Å². The predicted octanol–water partition coefficient (Wildman–Crippen LogP) is 4.47. The minimum Gasteiger partial charge on any atom is -0.298 e. The van der Waals surface area contributed by atoms with Gasteiger partial charge in [-0.3, -0.25) is 10.1 Å². The fourth-order valence-corrected chi connectivity index (χ4v) is 7.53. The first kappa shape index (κ1) is 20.8. The molecule has 0 unspecified atom stereocenters. The number of hydrogen-bond donors (Lipinski definition) is 1. The maximum atomic E-state index is 13.2. The van der Waals surface area contributed by atoms with Crippen molar-refractivity contribution >= 4 is 43.7 Å². The molecule has 1 aromatic carbocycles. The number of thiazole rings is 1. The molecule has 6 nitrogen and oxygen atoms in total. The molecule has 5 rings (SSSR count). The summed E-state index contributed by atoms with van der Waals surface area (Å²) in [6.45, 7) is 0.833. The monoisotopic (exact) mass is 473 g/mol. The van der Waals surface area contributed by atoms with Crippen molar-refractivity contribution in [2.45, 2.75) is 50.0 Å². The van der Waals surface area contributed by atoms with Gasteiger partial charge in [0.05, 0.1) is 10.6 Å². The third-order valence-corrected chi connectivity index (χ3v) is 9.76. The van der Waals surface area contributed by atoms with Crippen LogP contribution in [0.4, 0.5) is 5.13 Å². The fraction of sp³-hybridized carbons (Fsp3) is 0.364. The SMILES string of the molecule is O=C(Nc1nc2c(s1)CCCCC2)c1cccc(S(=O)(=O)N2CCc3sccc3C2)c1. The van der Waals surface area contributed by atoms with E-state index in [2.05, 4.69) is 10.3 Å². The average Bonchev–Trinajstić information content (AvgIpc) is 3.34. The van der Waals surface area contributed by atoms with Crippen LogP contribution in [0.25, 0.3) is 0 Å². The first-order valence-electron chi connectivity index (χ1n) is 10.5. The van der Waals surface area contributed by atoms with Crippen molar-refractivity contribution in [2.75, 3.05) is 11.9 Å². The molecule has 3 heterocycles. The molecule has 0 spiro atoms. The predicted molar refractivity (Wildman–Crippen MR) is 123 cm³/mol. The Labute approximate surface area is 190 Å². The highest BCUT2D eigenvalue weighted by molar-refractivity contribution is 7.89. The minimum atomic E-state index is -3.67. The number of anilines is 1. The molecule has 1 aliphatic heterocycles. The number of aryl methyl sites for hydroxylation is 2. The number of amides is 1. The zero-order valence-corrected chi connectivity index (χ0v) is 19.4. The number of carbonyl (C=O) groups is 1. The Morgan fingerprint density at radius 3 is 2.84 bits per heavy atom. The zero-order valence-electron chi connectivity index (χ0n) is 17.0. The number of thiophene rings is 1. The summed E-state index contributed by atoms with van der Waals surface area (Å²) in [5, 5.41) is 5.46. The quantitative estimate of drug-likeness (QED) is 0.567. The Morgan fingerprint density at radius 2 is 1.94 bits per heavy atom. The molecule has 2 aromatic heterocycles. The van der Waals surface area contributed by atoms with Gasteiger partial charge in [-0.1, -0.05) is 12.5 Å². The highest BCUT2D eigenvalue weighted by Crippen LogP contribution is 2.30. The number of carbonyl (C=O) groups excluding carboxylic acids is 1. The van der Waals surface area contributed by atoms with Crippen LogP contribution in [-0.4, -0.2) is 30.2 Å². The number of benzene rings is 1. The number of nitrogens with zero attached hydrogens (tertiary/aromatic N) is 2. The number of sulfonamides is 1. The van der Waals surface area contributed by atoms with E-state index in [4.69, 9.17) is 0 Å². The summed E-state index contributed by atoms with van der Waals surface area (Å²) in [6, 6.07) is 8.27. The number of hydrogen-bond acceptors (Lipinski definition) is 6. The topological polar surface area (TPSA) is 79.4 Å². The van der Waals surface area contributed by atoms with Gasteiger partial charge in [0.1, 0.15) is 0 Å². The Morgan fingerprint density at radius 1 is 1.06 bits per heavy atom. The molecule has 2 aliphatic rings. The van der Waals surface area contributed by atoms with E-state index in [-0.39, 0.29) is 10.8 Å². The van der Waals surface area contributed by atoms with E-state index in [0.717, 1.165) is 43.4 Å². The highest BCUT2D eigenvalue weighted by atomic mass is 32.2. The molecule has 9 heteroatoms. The van der Waals surface area contributed by atoms with Crippen LogP contribution < -0.4 is 5.32 Å². The van der Waals surface area contributed by atoms with E-state index in [1.165, 1.54) is 37.9 Å². The van der Waals surface area contributed by atoms with Gasteiger partial charge in [-0.2, -0.15) is 4.31 Å². The summed E-state index contributed by atoms with van der Waals surface area (Å²) in [5.41, 5.74) is 2.48. The van der Waals surface area contributed by atoms with Crippen LogP contribution in [0.3, 0.4) is 0 Å². The lowest BCUT2D eigenvalue weighted by Crippen LogP contribution is -2.35. The van der Waals surface area contributed by atoms with E-state index in [1.54, 1.807) is 29.5 Å². The van der Waals surface area contributed by atoms with E-state index in [9.17, 15) is 13.2 Å². The molecule has 1 N–H and O–H groups in total. The van der Waals surface area contributed by atoms with Gasteiger partial charge in [0, 0.05) is 28.4 Å². The smallest absolute Gasteiger partial charge is 0.257 e. The van der Waals surface area contributed by atoms with Gasteiger partial charge in [-0.05, 0) is 67.3 Å². The summed E-state index contributed by atoms with van der Waals surface area (Å²) in [7, 11) is -3.67. The minimum absolute atomic E-state index is 0.147. The molecular formula is C22H23N3O3S3. The summed E-state index contributed by atoms with van der Waals surface area (Å²) < 4.78 is 27.9. The number of nitrogens with one attached hydrogen (secondary N) is 1. The normalized spacial score (nSPS) is 16.9. The molecule has 0 saturated heterocycles. The van der Waals surface area contributed by atoms with Gasteiger partial charge in [0.15, 0.2) is 5.13 Å². The van der Waals surface area contributed by atoms with Gasteiger partial charge in [-0.15, -0.1) is 22.7 Å². The second-order valence-corrected chi connectivity index (χ2v) is 11.9. The first-order valence-corrected chi connectivity index (χ1v) is 13.6. The van der Waals surface area contributed by atoms with Gasteiger partial charge >= 0.3 is 0 Å². The van der Waals surface area contributed by atoms with Crippen LogP contribution >= 0.6 is 22.7 Å². The number of fused-ring (bicyclic) bond motifs is 2. The Balaban J connectivity index is 1.34. The molecule has 1 aliphatic carbocycles. The van der Waals surface area contributed by atoms with Crippen molar-refractivity contribution < 1.29 is 13.2 Å². The number of rotatable bonds is 4. The summed E-state index contributed by atoms with van der Waals surface area (Å²) in [5.74, 6) is -0.334. The molecule has 0 atom stereocenters. The maximum Gasteiger partial charge on any atom is 0.257 e. The molecule has 0 radical (unpaired) electrons. The molecule has 0 bridgehead atoms. The second-order valence-electron chi connectivity index (χ2n) is 7.89. The van der Waals surface area contributed by atoms with Crippen LogP contribution in [-0.2, 0) is 35.8 Å². The number of aromatic nitrogens is 1. The van der Waals surface area contributed by atoms with E-state index >= 15 is 0 Å². The lowest BCUT2D eigenvalue weighted by Gasteiger charge is -2.26. The van der Waals surface area contributed by atoms with E-state index in [1.807, 2.05) is 11.4 Å². The molecule has 0 saturated carbocycles. The first-order chi connectivity index (χ1) is 15.0. The lowest BCUT2D eigenvalue weighted by molar-refractivity contribution is 0.102. The van der Waals surface area contributed by atoms with E-state index < -0.39 is 10.0 Å². The highest BCUT2D eigenvalue weighted by Gasteiger charge is 2.29. The fourth-order valence-electron chi connectivity index (χ4n) is 4.13.